The largest absolute Gasteiger partial charge is 0.497 e. The summed E-state index contributed by atoms with van der Waals surface area (Å²) in [6.07, 6.45) is 1.43. The topological polar surface area (TPSA) is 106 Å². The monoisotopic (exact) mass is 276 g/mol. The van der Waals surface area contributed by atoms with Gasteiger partial charge < -0.3 is 15.2 Å². The fraction of sp³-hybridized carbons (Fsp3) is 0.167. The number of benzene rings is 1. The maximum absolute atomic E-state index is 11.9. The Kier molecular flexibility index (Phi) is 3.65. The molecule has 0 spiro atoms. The van der Waals surface area contributed by atoms with E-state index in [-0.39, 0.29) is 16.9 Å². The second-order valence-electron chi connectivity index (χ2n) is 3.95. The van der Waals surface area contributed by atoms with Crippen molar-refractivity contribution in [3.63, 3.8) is 0 Å². The number of hydrogen-bond donors (Lipinski definition) is 2. The van der Waals surface area contributed by atoms with Crippen molar-refractivity contribution in [3.8, 4) is 5.75 Å². The van der Waals surface area contributed by atoms with Crippen LogP contribution < -0.4 is 10.1 Å². The Morgan fingerprint density at radius 1 is 1.40 bits per heavy atom. The third-order valence-electron chi connectivity index (χ3n) is 2.54. The van der Waals surface area contributed by atoms with Gasteiger partial charge in [0.25, 0.3) is 5.91 Å². The summed E-state index contributed by atoms with van der Waals surface area (Å²) in [5, 5.41) is 18.9. The van der Waals surface area contributed by atoms with Gasteiger partial charge in [-0.1, -0.05) is 5.21 Å². The predicted octanol–water partition coefficient (Wildman–Crippen LogP) is 0.774. The number of rotatable bonds is 4. The van der Waals surface area contributed by atoms with Crippen LogP contribution in [0.3, 0.4) is 0 Å². The zero-order chi connectivity index (χ0) is 14.7. The van der Waals surface area contributed by atoms with Gasteiger partial charge in [0, 0.05) is 7.05 Å². The summed E-state index contributed by atoms with van der Waals surface area (Å²) in [7, 11) is 3.05. The van der Waals surface area contributed by atoms with E-state index in [0.717, 1.165) is 0 Å². The van der Waals surface area contributed by atoms with Gasteiger partial charge >= 0.3 is 5.97 Å². The first kappa shape index (κ1) is 13.5. The Balaban J connectivity index is 2.29. The summed E-state index contributed by atoms with van der Waals surface area (Å²) in [4.78, 5) is 23.1. The molecule has 2 N–H and O–H groups in total. The molecule has 20 heavy (non-hydrogen) atoms. The zero-order valence-corrected chi connectivity index (χ0v) is 10.8. The Morgan fingerprint density at radius 2 is 2.15 bits per heavy atom. The fourth-order valence-corrected chi connectivity index (χ4v) is 1.57. The van der Waals surface area contributed by atoms with Gasteiger partial charge in [0.1, 0.15) is 5.75 Å². The minimum absolute atomic E-state index is 0.0680. The molecule has 8 nitrogen and oxygen atoms in total. The number of carbonyl (C=O) groups is 2. The van der Waals surface area contributed by atoms with Gasteiger partial charge in [-0.15, -0.1) is 5.10 Å². The van der Waals surface area contributed by atoms with Crippen LogP contribution in [0.25, 0.3) is 0 Å². The zero-order valence-electron chi connectivity index (χ0n) is 10.8. The van der Waals surface area contributed by atoms with Crippen molar-refractivity contribution in [2.24, 2.45) is 7.05 Å². The molecule has 0 saturated heterocycles. The van der Waals surface area contributed by atoms with Gasteiger partial charge in [-0.25, -0.2) is 4.79 Å². The first-order valence-corrected chi connectivity index (χ1v) is 5.60. The highest BCUT2D eigenvalue weighted by atomic mass is 16.5. The minimum Gasteiger partial charge on any atom is -0.497 e. The van der Waals surface area contributed by atoms with Crippen LogP contribution in [0.5, 0.6) is 5.75 Å². The lowest BCUT2D eigenvalue weighted by Crippen LogP contribution is -2.15. The lowest BCUT2D eigenvalue weighted by atomic mass is 10.1. The summed E-state index contributed by atoms with van der Waals surface area (Å²) < 4.78 is 6.33. The lowest BCUT2D eigenvalue weighted by molar-refractivity contribution is 0.0697. The number of nitrogens with zero attached hydrogens (tertiary/aromatic N) is 3. The minimum atomic E-state index is -1.17. The van der Waals surface area contributed by atoms with E-state index >= 15 is 0 Å². The highest BCUT2D eigenvalue weighted by Crippen LogP contribution is 2.22. The summed E-state index contributed by atoms with van der Waals surface area (Å²) in [6.45, 7) is 0. The van der Waals surface area contributed by atoms with E-state index in [1.807, 2.05) is 0 Å². The smallest absolute Gasteiger partial charge is 0.337 e. The summed E-state index contributed by atoms with van der Waals surface area (Å²) in [5.74, 6) is -1.32. The average molecular weight is 276 g/mol. The van der Waals surface area contributed by atoms with E-state index in [2.05, 4.69) is 15.6 Å². The van der Waals surface area contributed by atoms with Crippen molar-refractivity contribution in [2.45, 2.75) is 0 Å². The van der Waals surface area contributed by atoms with Crippen LogP contribution >= 0.6 is 0 Å². The number of amides is 1. The maximum Gasteiger partial charge on any atom is 0.337 e. The number of carboxylic acid groups (broad SMARTS) is 1. The molecule has 0 bridgehead atoms. The molecule has 1 amide bonds. The van der Waals surface area contributed by atoms with Gasteiger partial charge in [-0.2, -0.15) is 0 Å². The molecule has 8 heteroatoms. The molecule has 0 atom stereocenters. The fourth-order valence-electron chi connectivity index (χ4n) is 1.57. The molecule has 0 radical (unpaired) electrons. The van der Waals surface area contributed by atoms with E-state index in [9.17, 15) is 9.59 Å². The molecule has 0 aliphatic carbocycles. The molecule has 0 aliphatic rings. The van der Waals surface area contributed by atoms with Crippen molar-refractivity contribution >= 4 is 17.6 Å². The Hall–Kier alpha value is -2.90. The van der Waals surface area contributed by atoms with Gasteiger partial charge in [0.2, 0.25) is 0 Å². The second kappa shape index (κ2) is 5.39. The van der Waals surface area contributed by atoms with Crippen LogP contribution in [0.4, 0.5) is 5.69 Å². The van der Waals surface area contributed by atoms with E-state index in [4.69, 9.17) is 9.84 Å². The number of carbonyl (C=O) groups excluding carboxylic acids is 1. The predicted molar refractivity (Wildman–Crippen MR) is 68.9 cm³/mol. The number of ether oxygens (including phenoxy) is 1. The number of nitrogens with one attached hydrogen (secondary N) is 1. The number of aromatic nitrogens is 3. The SMILES string of the molecule is COc1ccc(NC(=O)c2cn(C)nn2)c(C(=O)O)c1. The molecule has 2 aromatic rings. The molecule has 0 unspecified atom stereocenters. The van der Waals surface area contributed by atoms with Crippen LogP contribution in [0.1, 0.15) is 20.8 Å². The molecule has 1 aromatic heterocycles. The molecule has 104 valence electrons. The summed E-state index contributed by atoms with van der Waals surface area (Å²) in [5.41, 5.74) is 0.190. The first-order chi connectivity index (χ1) is 9.51. The molecule has 1 aromatic carbocycles. The summed E-state index contributed by atoms with van der Waals surface area (Å²) in [6, 6.07) is 4.34. The van der Waals surface area contributed by atoms with E-state index in [1.165, 1.54) is 30.1 Å². The Labute approximate surface area is 114 Å². The lowest BCUT2D eigenvalue weighted by Gasteiger charge is -2.08. The van der Waals surface area contributed by atoms with Crippen LogP contribution in [0.15, 0.2) is 24.4 Å². The molecule has 0 fully saturated rings. The van der Waals surface area contributed by atoms with Gasteiger partial charge in [0.05, 0.1) is 24.6 Å². The number of hydrogen-bond acceptors (Lipinski definition) is 5. The van der Waals surface area contributed by atoms with Crippen molar-refractivity contribution in [1.29, 1.82) is 0 Å². The standard InChI is InChI=1S/C12H12N4O4/c1-16-6-10(14-15-16)11(17)13-9-4-3-7(20-2)5-8(9)12(18)19/h3-6H,1-2H3,(H,13,17)(H,18,19). The molecular weight excluding hydrogens is 264 g/mol. The van der Waals surface area contributed by atoms with Crippen LogP contribution in [-0.4, -0.2) is 39.1 Å². The molecule has 1 heterocycles. The normalized spacial score (nSPS) is 10.1. The molecule has 0 aliphatic heterocycles. The van der Waals surface area contributed by atoms with E-state index in [1.54, 1.807) is 13.1 Å². The third kappa shape index (κ3) is 2.74. The van der Waals surface area contributed by atoms with Crippen molar-refractivity contribution in [1.82, 2.24) is 15.0 Å². The van der Waals surface area contributed by atoms with E-state index in [0.29, 0.717) is 5.75 Å². The number of aryl methyl sites for hydroxylation is 1. The van der Waals surface area contributed by atoms with Crippen molar-refractivity contribution in [3.05, 3.63) is 35.7 Å². The highest BCUT2D eigenvalue weighted by Gasteiger charge is 2.16. The van der Waals surface area contributed by atoms with Gasteiger partial charge in [-0.3, -0.25) is 9.48 Å². The Bertz CT molecular complexity index is 665. The second-order valence-corrected chi connectivity index (χ2v) is 3.95. The maximum atomic E-state index is 11.9. The van der Waals surface area contributed by atoms with E-state index < -0.39 is 11.9 Å². The number of methoxy groups -OCH3 is 1. The Morgan fingerprint density at radius 3 is 2.70 bits per heavy atom. The first-order valence-electron chi connectivity index (χ1n) is 5.60. The molecular formula is C12H12N4O4. The van der Waals surface area contributed by atoms with Crippen molar-refractivity contribution < 1.29 is 19.4 Å². The quantitative estimate of drug-likeness (QED) is 0.854. The highest BCUT2D eigenvalue weighted by molar-refractivity contribution is 6.06. The number of carboxylic acids is 1. The third-order valence-corrected chi connectivity index (χ3v) is 2.54. The molecule has 0 saturated carbocycles. The van der Waals surface area contributed by atoms with Crippen LogP contribution in [0.2, 0.25) is 0 Å². The average Bonchev–Trinajstić information content (AvgIpc) is 2.85. The van der Waals surface area contributed by atoms with Gasteiger partial charge in [0.15, 0.2) is 5.69 Å². The summed E-state index contributed by atoms with van der Waals surface area (Å²) >= 11 is 0. The van der Waals surface area contributed by atoms with Gasteiger partial charge in [-0.05, 0) is 18.2 Å². The number of anilines is 1. The molecule has 2 rings (SSSR count). The van der Waals surface area contributed by atoms with Crippen molar-refractivity contribution in [2.75, 3.05) is 12.4 Å². The van der Waals surface area contributed by atoms with Crippen LogP contribution in [0, 0.1) is 0 Å². The number of aromatic carboxylic acids is 1. The van der Waals surface area contributed by atoms with Crippen LogP contribution in [-0.2, 0) is 7.05 Å².